The molecule has 2 aliphatic rings. The summed E-state index contributed by atoms with van der Waals surface area (Å²) >= 11 is 0. The van der Waals surface area contributed by atoms with Gasteiger partial charge >= 0.3 is 0 Å². The summed E-state index contributed by atoms with van der Waals surface area (Å²) in [4.78, 5) is 14.4. The summed E-state index contributed by atoms with van der Waals surface area (Å²) in [5.74, 6) is 1.10. The molecule has 0 unspecified atom stereocenters. The van der Waals surface area contributed by atoms with E-state index in [-0.39, 0.29) is 5.54 Å². The van der Waals surface area contributed by atoms with Crippen LogP contribution in [-0.4, -0.2) is 28.9 Å². The molecule has 2 rings (SSSR count). The minimum absolute atomic E-state index is 0.0893. The molecule has 0 spiro atoms. The van der Waals surface area contributed by atoms with E-state index in [0.29, 0.717) is 11.9 Å². The van der Waals surface area contributed by atoms with Crippen molar-refractivity contribution in [2.45, 2.75) is 76.8 Å². The monoisotopic (exact) mass is 252 g/mol. The van der Waals surface area contributed by atoms with Gasteiger partial charge in [-0.25, -0.2) is 0 Å². The van der Waals surface area contributed by atoms with Gasteiger partial charge in [0.15, 0.2) is 0 Å². The molecule has 0 aromatic carbocycles. The summed E-state index contributed by atoms with van der Waals surface area (Å²) < 4.78 is 0. The molecule has 3 nitrogen and oxygen atoms in total. The molecule has 2 fully saturated rings. The lowest BCUT2D eigenvalue weighted by atomic mass is 9.83. The highest BCUT2D eigenvalue weighted by Gasteiger charge is 2.35. The minimum atomic E-state index is 0.0893. The number of likely N-dealkylation sites (tertiary alicyclic amines) is 1. The Morgan fingerprint density at radius 1 is 1.28 bits per heavy atom. The fourth-order valence-electron chi connectivity index (χ4n) is 3.51. The lowest BCUT2D eigenvalue weighted by molar-refractivity contribution is -0.134. The first-order chi connectivity index (χ1) is 8.49. The van der Waals surface area contributed by atoms with Gasteiger partial charge in [-0.05, 0) is 64.7 Å². The Morgan fingerprint density at radius 2 is 1.94 bits per heavy atom. The molecule has 0 aromatic heterocycles. The van der Waals surface area contributed by atoms with Crippen molar-refractivity contribution in [2.24, 2.45) is 11.7 Å². The highest BCUT2D eigenvalue weighted by Crippen LogP contribution is 2.31. The number of amides is 1. The zero-order valence-electron chi connectivity index (χ0n) is 12.0. The van der Waals surface area contributed by atoms with Gasteiger partial charge in [0.25, 0.3) is 0 Å². The lowest BCUT2D eigenvalue weighted by Gasteiger charge is -2.32. The zero-order chi connectivity index (χ0) is 13.2. The van der Waals surface area contributed by atoms with E-state index < -0.39 is 0 Å². The summed E-state index contributed by atoms with van der Waals surface area (Å²) in [5.41, 5.74) is 6.00. The van der Waals surface area contributed by atoms with E-state index in [1.54, 1.807) is 0 Å². The Balaban J connectivity index is 1.75. The third-order valence-corrected chi connectivity index (χ3v) is 4.86. The molecule has 0 bridgehead atoms. The van der Waals surface area contributed by atoms with Crippen molar-refractivity contribution in [2.75, 3.05) is 6.54 Å². The molecule has 0 atom stereocenters. The molecule has 1 heterocycles. The maximum Gasteiger partial charge on any atom is 0.223 e. The number of hydrogen-bond donors (Lipinski definition) is 1. The number of rotatable bonds is 3. The Labute approximate surface area is 111 Å². The normalized spacial score (nSPS) is 31.6. The van der Waals surface area contributed by atoms with Crippen molar-refractivity contribution in [1.82, 2.24) is 4.90 Å². The van der Waals surface area contributed by atoms with Crippen LogP contribution in [0.4, 0.5) is 0 Å². The Morgan fingerprint density at radius 3 is 2.50 bits per heavy atom. The molecule has 0 aromatic rings. The van der Waals surface area contributed by atoms with Crippen LogP contribution < -0.4 is 5.73 Å². The quantitative estimate of drug-likeness (QED) is 0.839. The second-order valence-electron chi connectivity index (χ2n) is 6.78. The van der Waals surface area contributed by atoms with Gasteiger partial charge in [-0.3, -0.25) is 4.79 Å². The second-order valence-corrected chi connectivity index (χ2v) is 6.78. The van der Waals surface area contributed by atoms with Crippen molar-refractivity contribution < 1.29 is 4.79 Å². The summed E-state index contributed by atoms with van der Waals surface area (Å²) in [7, 11) is 0. The van der Waals surface area contributed by atoms with Gasteiger partial charge in [-0.2, -0.15) is 0 Å². The van der Waals surface area contributed by atoms with Crippen LogP contribution >= 0.6 is 0 Å². The molecular formula is C15H28N2O. The van der Waals surface area contributed by atoms with E-state index in [4.69, 9.17) is 5.73 Å². The summed E-state index contributed by atoms with van der Waals surface area (Å²) in [6, 6.07) is 0.412. The first-order valence-electron chi connectivity index (χ1n) is 7.55. The third kappa shape index (κ3) is 3.25. The third-order valence-electron chi connectivity index (χ3n) is 4.86. The first-order valence-corrected chi connectivity index (χ1v) is 7.55. The van der Waals surface area contributed by atoms with E-state index in [1.165, 1.54) is 12.8 Å². The van der Waals surface area contributed by atoms with Crippen LogP contribution in [0.2, 0.25) is 0 Å². The van der Waals surface area contributed by atoms with Gasteiger partial charge in [0.2, 0.25) is 5.91 Å². The molecule has 0 radical (unpaired) electrons. The van der Waals surface area contributed by atoms with E-state index >= 15 is 0 Å². The Kier molecular flexibility index (Phi) is 4.31. The van der Waals surface area contributed by atoms with Crippen molar-refractivity contribution >= 4 is 5.91 Å². The first kappa shape index (κ1) is 13.9. The largest absolute Gasteiger partial charge is 0.338 e. The SMILES string of the molecule is CC1(C)CCCN1C(=O)CCC1CCC(N)CC1. The molecule has 104 valence electrons. The van der Waals surface area contributed by atoms with E-state index in [1.807, 2.05) is 0 Å². The molecule has 1 aliphatic carbocycles. The van der Waals surface area contributed by atoms with Crippen LogP contribution in [0, 0.1) is 5.92 Å². The highest BCUT2D eigenvalue weighted by atomic mass is 16.2. The molecule has 1 aliphatic heterocycles. The van der Waals surface area contributed by atoms with Gasteiger partial charge < -0.3 is 10.6 Å². The standard InChI is InChI=1S/C15H28N2O/c1-15(2)10-3-11-17(15)14(18)9-6-12-4-7-13(16)8-5-12/h12-13H,3-11,16H2,1-2H3. The summed E-state index contributed by atoms with van der Waals surface area (Å²) in [6.07, 6.45) is 8.85. The van der Waals surface area contributed by atoms with E-state index in [2.05, 4.69) is 18.7 Å². The molecule has 1 saturated heterocycles. The predicted molar refractivity (Wildman–Crippen MR) is 74.2 cm³/mol. The smallest absolute Gasteiger partial charge is 0.223 e. The number of nitrogens with two attached hydrogens (primary N) is 1. The van der Waals surface area contributed by atoms with Crippen molar-refractivity contribution in [1.29, 1.82) is 0 Å². The Hall–Kier alpha value is -0.570. The van der Waals surface area contributed by atoms with Crippen LogP contribution in [0.3, 0.4) is 0 Å². The van der Waals surface area contributed by atoms with Crippen LogP contribution in [-0.2, 0) is 4.79 Å². The van der Waals surface area contributed by atoms with Gasteiger partial charge in [0.05, 0.1) is 0 Å². The number of carbonyl (C=O) groups is 1. The summed E-state index contributed by atoms with van der Waals surface area (Å²) in [5, 5.41) is 0. The van der Waals surface area contributed by atoms with Crippen molar-refractivity contribution in [3.8, 4) is 0 Å². The fourth-order valence-corrected chi connectivity index (χ4v) is 3.51. The topological polar surface area (TPSA) is 46.3 Å². The second kappa shape index (κ2) is 5.60. The molecule has 1 saturated carbocycles. The number of hydrogen-bond acceptors (Lipinski definition) is 2. The lowest BCUT2D eigenvalue weighted by Crippen LogP contribution is -2.42. The van der Waals surface area contributed by atoms with Gasteiger partial charge in [0, 0.05) is 24.5 Å². The maximum atomic E-state index is 12.3. The van der Waals surface area contributed by atoms with Gasteiger partial charge in [-0.15, -0.1) is 0 Å². The molecule has 18 heavy (non-hydrogen) atoms. The fraction of sp³-hybridized carbons (Fsp3) is 0.933. The highest BCUT2D eigenvalue weighted by molar-refractivity contribution is 5.77. The molecular weight excluding hydrogens is 224 g/mol. The van der Waals surface area contributed by atoms with Crippen LogP contribution in [0.15, 0.2) is 0 Å². The average molecular weight is 252 g/mol. The van der Waals surface area contributed by atoms with Gasteiger partial charge in [-0.1, -0.05) is 0 Å². The minimum Gasteiger partial charge on any atom is -0.338 e. The summed E-state index contributed by atoms with van der Waals surface area (Å²) in [6.45, 7) is 5.34. The molecule has 3 heteroatoms. The molecule has 1 amide bonds. The maximum absolute atomic E-state index is 12.3. The van der Waals surface area contributed by atoms with Crippen LogP contribution in [0.5, 0.6) is 0 Å². The van der Waals surface area contributed by atoms with Crippen LogP contribution in [0.25, 0.3) is 0 Å². The van der Waals surface area contributed by atoms with E-state index in [0.717, 1.165) is 51.0 Å². The number of carbonyl (C=O) groups excluding carboxylic acids is 1. The average Bonchev–Trinajstić information content (AvgIpc) is 2.68. The van der Waals surface area contributed by atoms with Crippen LogP contribution in [0.1, 0.15) is 65.2 Å². The predicted octanol–water partition coefficient (Wildman–Crippen LogP) is 2.69. The van der Waals surface area contributed by atoms with Gasteiger partial charge in [0.1, 0.15) is 0 Å². The van der Waals surface area contributed by atoms with E-state index in [9.17, 15) is 4.79 Å². The van der Waals surface area contributed by atoms with Crippen molar-refractivity contribution in [3.63, 3.8) is 0 Å². The number of nitrogens with zero attached hydrogens (tertiary/aromatic N) is 1. The molecule has 2 N–H and O–H groups in total. The zero-order valence-corrected chi connectivity index (χ0v) is 12.0. The Bertz CT molecular complexity index is 293. The van der Waals surface area contributed by atoms with Crippen molar-refractivity contribution in [3.05, 3.63) is 0 Å².